The van der Waals surface area contributed by atoms with Gasteiger partial charge in [0.1, 0.15) is 11.5 Å². The van der Waals surface area contributed by atoms with Crippen LogP contribution in [-0.2, 0) is 4.74 Å². The molecule has 1 aliphatic carbocycles. The van der Waals surface area contributed by atoms with E-state index in [0.717, 1.165) is 69.2 Å². The molecule has 2 heterocycles. The molecule has 1 saturated heterocycles. The molecule has 3 aliphatic rings. The van der Waals surface area contributed by atoms with Crippen LogP contribution in [0.5, 0.6) is 17.2 Å². The lowest BCUT2D eigenvalue weighted by molar-refractivity contribution is 0.0357. The summed E-state index contributed by atoms with van der Waals surface area (Å²) in [6.07, 6.45) is 8.33. The van der Waals surface area contributed by atoms with Crippen molar-refractivity contribution in [1.29, 1.82) is 5.41 Å². The molecule has 2 aliphatic heterocycles. The van der Waals surface area contributed by atoms with E-state index in [1.807, 2.05) is 24.3 Å². The first kappa shape index (κ1) is 31.6. The smallest absolute Gasteiger partial charge is 0.163 e. The van der Waals surface area contributed by atoms with Crippen molar-refractivity contribution >= 4 is 11.4 Å². The third-order valence-corrected chi connectivity index (χ3v) is 8.65. The molecule has 44 heavy (non-hydrogen) atoms. The molecule has 2 aromatic carbocycles. The molecule has 5 rings (SSSR count). The minimum absolute atomic E-state index is 0.122. The molecule has 3 atom stereocenters. The highest BCUT2D eigenvalue weighted by Crippen LogP contribution is 2.39. The number of nitrogens with one attached hydrogen (secondary N) is 2. The lowest BCUT2D eigenvalue weighted by atomic mass is 9.87. The van der Waals surface area contributed by atoms with Crippen molar-refractivity contribution in [3.63, 3.8) is 0 Å². The van der Waals surface area contributed by atoms with Gasteiger partial charge in [0.05, 0.1) is 32.6 Å². The number of aliphatic hydroxyl groups is 1. The van der Waals surface area contributed by atoms with Crippen molar-refractivity contribution < 1.29 is 24.1 Å². The molecule has 0 bridgehead atoms. The fourth-order valence-corrected chi connectivity index (χ4v) is 5.97. The molecule has 3 unspecified atom stereocenters. The van der Waals surface area contributed by atoms with E-state index in [1.165, 1.54) is 0 Å². The number of nitrogens with zero attached hydrogens (tertiary/aromatic N) is 1. The third kappa shape index (κ3) is 7.46. The maximum Gasteiger partial charge on any atom is 0.163 e. The van der Waals surface area contributed by atoms with Crippen LogP contribution < -0.4 is 25.3 Å². The van der Waals surface area contributed by atoms with E-state index in [2.05, 4.69) is 42.3 Å². The van der Waals surface area contributed by atoms with Gasteiger partial charge in [0.25, 0.3) is 0 Å². The van der Waals surface area contributed by atoms with Gasteiger partial charge < -0.3 is 35.1 Å². The summed E-state index contributed by atoms with van der Waals surface area (Å²) in [5.74, 6) is 3.37. The molecule has 236 valence electrons. The van der Waals surface area contributed by atoms with Crippen molar-refractivity contribution in [2.75, 3.05) is 51.9 Å². The number of methoxy groups -OCH3 is 1. The number of allylic oxidation sites excluding steroid dienone is 5. The van der Waals surface area contributed by atoms with Crippen molar-refractivity contribution in [2.45, 2.75) is 51.7 Å². The number of anilines is 1. The Bertz CT molecular complexity index is 1390. The zero-order valence-electron chi connectivity index (χ0n) is 26.1. The van der Waals surface area contributed by atoms with Crippen molar-refractivity contribution in [2.24, 2.45) is 11.7 Å². The predicted molar refractivity (Wildman–Crippen MR) is 174 cm³/mol. The van der Waals surface area contributed by atoms with Gasteiger partial charge in [-0.1, -0.05) is 38.1 Å². The van der Waals surface area contributed by atoms with Crippen LogP contribution >= 0.6 is 0 Å². The lowest BCUT2D eigenvalue weighted by Gasteiger charge is -2.30. The average molecular weight is 603 g/mol. The summed E-state index contributed by atoms with van der Waals surface area (Å²) < 4.78 is 23.3. The third-order valence-electron chi connectivity index (χ3n) is 8.65. The normalized spacial score (nSPS) is 22.0. The SMILES string of the molecule is CCC(C/C(N)=C1\C(=N)c2cc(OC)c(OCCCN3CCOCC3)cc2NC1O)c1ccc(OC2=CC=CCC2C)cc1. The Balaban J connectivity index is 1.26. The largest absolute Gasteiger partial charge is 0.493 e. The van der Waals surface area contributed by atoms with Gasteiger partial charge in [-0.25, -0.2) is 0 Å². The number of morpholine rings is 1. The molecule has 2 aromatic rings. The molecule has 0 amide bonds. The summed E-state index contributed by atoms with van der Waals surface area (Å²) in [4.78, 5) is 2.37. The van der Waals surface area contributed by atoms with Crippen molar-refractivity contribution in [3.05, 3.63) is 82.8 Å². The van der Waals surface area contributed by atoms with E-state index in [0.29, 0.717) is 53.0 Å². The number of rotatable bonds is 12. The number of ether oxygens (including phenoxy) is 4. The molecule has 0 aromatic heterocycles. The van der Waals surface area contributed by atoms with Crippen LogP contribution in [0.15, 0.2) is 71.7 Å². The van der Waals surface area contributed by atoms with Gasteiger partial charge in [-0.2, -0.15) is 0 Å². The number of fused-ring (bicyclic) bond motifs is 1. The van der Waals surface area contributed by atoms with Crippen molar-refractivity contribution in [3.8, 4) is 17.2 Å². The molecule has 0 saturated carbocycles. The fourth-order valence-electron chi connectivity index (χ4n) is 5.97. The molecule has 9 nitrogen and oxygen atoms in total. The highest BCUT2D eigenvalue weighted by atomic mass is 16.5. The monoisotopic (exact) mass is 602 g/mol. The topological polar surface area (TPSA) is 122 Å². The molecular weight excluding hydrogens is 556 g/mol. The second kappa shape index (κ2) is 14.8. The van der Waals surface area contributed by atoms with Crippen LogP contribution in [0.25, 0.3) is 0 Å². The Morgan fingerprint density at radius 1 is 1.18 bits per heavy atom. The van der Waals surface area contributed by atoms with E-state index in [1.54, 1.807) is 19.2 Å². The molecule has 9 heteroatoms. The van der Waals surface area contributed by atoms with E-state index in [-0.39, 0.29) is 11.6 Å². The van der Waals surface area contributed by atoms with Crippen LogP contribution in [-0.4, -0.2) is 68.5 Å². The number of hydrogen-bond acceptors (Lipinski definition) is 9. The molecule has 5 N–H and O–H groups in total. The molecule has 1 fully saturated rings. The standard InChI is InChI=1S/C35H46N4O5/c1-4-24(25-10-12-26(13-11-25)44-30-9-6-5-8-23(30)2)20-28(36)33-34(37)27-21-31(41-3)32(22-29(27)38-35(33)40)43-17-7-14-39-15-18-42-19-16-39/h5-6,9-13,21-24,35,37-38,40H,4,7-8,14-20,36H2,1-3H3/b33-28-,37-34?. The highest BCUT2D eigenvalue weighted by molar-refractivity contribution is 6.17. The first-order valence-electron chi connectivity index (χ1n) is 15.7. The van der Waals surface area contributed by atoms with Crippen LogP contribution in [0.2, 0.25) is 0 Å². The van der Waals surface area contributed by atoms with Crippen LogP contribution in [0.4, 0.5) is 5.69 Å². The Kier molecular flexibility index (Phi) is 10.6. The van der Waals surface area contributed by atoms with E-state index < -0.39 is 6.23 Å². The van der Waals surface area contributed by atoms with Crippen LogP contribution in [0.1, 0.15) is 56.6 Å². The van der Waals surface area contributed by atoms with Gasteiger partial charge in [0, 0.05) is 54.1 Å². The highest BCUT2D eigenvalue weighted by Gasteiger charge is 2.30. The molecular formula is C35H46N4O5. The number of aliphatic hydroxyl groups excluding tert-OH is 1. The summed E-state index contributed by atoms with van der Waals surface area (Å²) in [7, 11) is 1.59. The fraction of sp³-hybridized carbons (Fsp3) is 0.457. The van der Waals surface area contributed by atoms with Gasteiger partial charge in [-0.3, -0.25) is 10.3 Å². The summed E-state index contributed by atoms with van der Waals surface area (Å²) >= 11 is 0. The lowest BCUT2D eigenvalue weighted by Crippen LogP contribution is -2.37. The number of nitrogens with two attached hydrogens (primary N) is 1. The Hall–Kier alpha value is -3.79. The molecule has 0 radical (unpaired) electrons. The van der Waals surface area contributed by atoms with Crippen LogP contribution in [0, 0.1) is 11.3 Å². The quantitative estimate of drug-likeness (QED) is 0.233. The Labute approximate surface area is 260 Å². The maximum absolute atomic E-state index is 11.1. The maximum atomic E-state index is 11.1. The first-order chi connectivity index (χ1) is 21.4. The summed E-state index contributed by atoms with van der Waals surface area (Å²) in [5, 5.41) is 23.2. The molecule has 0 spiro atoms. The van der Waals surface area contributed by atoms with Crippen molar-refractivity contribution in [1.82, 2.24) is 4.90 Å². The zero-order valence-corrected chi connectivity index (χ0v) is 26.1. The minimum Gasteiger partial charge on any atom is -0.493 e. The van der Waals surface area contributed by atoms with Gasteiger partial charge in [-0.05, 0) is 61.4 Å². The van der Waals surface area contributed by atoms with Gasteiger partial charge in [0.15, 0.2) is 17.7 Å². The summed E-state index contributed by atoms with van der Waals surface area (Å²) in [5.41, 5.74) is 10.1. The van der Waals surface area contributed by atoms with Gasteiger partial charge >= 0.3 is 0 Å². The second-order valence-electron chi connectivity index (χ2n) is 11.7. The summed E-state index contributed by atoms with van der Waals surface area (Å²) in [6, 6.07) is 11.7. The number of benzene rings is 2. The summed E-state index contributed by atoms with van der Waals surface area (Å²) in [6.45, 7) is 9.20. The van der Waals surface area contributed by atoms with E-state index >= 15 is 0 Å². The predicted octanol–water partition coefficient (Wildman–Crippen LogP) is 5.56. The first-order valence-corrected chi connectivity index (χ1v) is 15.7. The second-order valence-corrected chi connectivity index (χ2v) is 11.7. The Morgan fingerprint density at radius 2 is 1.95 bits per heavy atom. The van der Waals surface area contributed by atoms with Gasteiger partial charge in [0.2, 0.25) is 0 Å². The van der Waals surface area contributed by atoms with Crippen LogP contribution in [0.3, 0.4) is 0 Å². The zero-order chi connectivity index (χ0) is 31.1. The Morgan fingerprint density at radius 3 is 2.66 bits per heavy atom. The van der Waals surface area contributed by atoms with E-state index in [9.17, 15) is 5.11 Å². The average Bonchev–Trinajstić information content (AvgIpc) is 3.03. The van der Waals surface area contributed by atoms with E-state index in [4.69, 9.17) is 30.1 Å². The minimum atomic E-state index is -1.11. The number of hydrogen-bond donors (Lipinski definition) is 4. The van der Waals surface area contributed by atoms with Gasteiger partial charge in [-0.15, -0.1) is 0 Å².